The molecule has 1 aromatic rings. The van der Waals surface area contributed by atoms with Crippen LogP contribution in [-0.2, 0) is 0 Å². The number of carbonyl (C=O) groups excluding carboxylic acids is 1. The van der Waals surface area contributed by atoms with Crippen LogP contribution in [0.5, 0.6) is 0 Å². The highest BCUT2D eigenvalue weighted by molar-refractivity contribution is 6.29. The minimum absolute atomic E-state index is 0.149. The number of halogens is 1. The van der Waals surface area contributed by atoms with Gasteiger partial charge < -0.3 is 11.1 Å². The van der Waals surface area contributed by atoms with E-state index in [-0.39, 0.29) is 10.8 Å². The maximum atomic E-state index is 11.1. The fourth-order valence-corrected chi connectivity index (χ4v) is 2.10. The number of rotatable bonds is 3. The molecular formula is C10H13ClN4O. The molecule has 0 unspecified atom stereocenters. The molecule has 1 heterocycles. The van der Waals surface area contributed by atoms with Gasteiger partial charge in [0.15, 0.2) is 10.8 Å². The maximum Gasteiger partial charge on any atom is 0.271 e. The standard InChI is InChI=1S/C10H13ClN4O/c11-8-5-7(9(10(12)16)15-14-8)13-6-3-1-2-4-6/h5-6H,1-4H2,(H2,12,16)(H,13,14). The molecule has 2 rings (SSSR count). The molecule has 0 aliphatic heterocycles. The molecule has 0 saturated heterocycles. The Morgan fingerprint density at radius 3 is 2.75 bits per heavy atom. The summed E-state index contributed by atoms with van der Waals surface area (Å²) in [5.41, 5.74) is 5.95. The van der Waals surface area contributed by atoms with E-state index in [4.69, 9.17) is 17.3 Å². The first kappa shape index (κ1) is 11.1. The molecule has 1 aliphatic rings. The van der Waals surface area contributed by atoms with Gasteiger partial charge in [0.25, 0.3) is 5.91 Å². The van der Waals surface area contributed by atoms with Crippen molar-refractivity contribution in [3.63, 3.8) is 0 Å². The molecule has 1 amide bonds. The van der Waals surface area contributed by atoms with E-state index < -0.39 is 5.91 Å². The van der Waals surface area contributed by atoms with Gasteiger partial charge in [0.05, 0.1) is 5.69 Å². The zero-order valence-electron chi connectivity index (χ0n) is 8.74. The van der Waals surface area contributed by atoms with E-state index in [2.05, 4.69) is 15.5 Å². The minimum Gasteiger partial charge on any atom is -0.380 e. The Bertz CT molecular complexity index is 404. The molecule has 1 fully saturated rings. The number of nitrogens with two attached hydrogens (primary N) is 1. The summed E-state index contributed by atoms with van der Waals surface area (Å²) in [6.07, 6.45) is 4.60. The third-order valence-corrected chi connectivity index (χ3v) is 2.90. The van der Waals surface area contributed by atoms with Crippen molar-refractivity contribution in [1.82, 2.24) is 10.2 Å². The smallest absolute Gasteiger partial charge is 0.271 e. The summed E-state index contributed by atoms with van der Waals surface area (Å²) in [7, 11) is 0. The Labute approximate surface area is 98.4 Å². The zero-order valence-corrected chi connectivity index (χ0v) is 9.50. The van der Waals surface area contributed by atoms with Gasteiger partial charge in [0, 0.05) is 12.1 Å². The van der Waals surface area contributed by atoms with Crippen molar-refractivity contribution in [3.8, 4) is 0 Å². The van der Waals surface area contributed by atoms with E-state index in [1.165, 1.54) is 12.8 Å². The van der Waals surface area contributed by atoms with Gasteiger partial charge in [-0.05, 0) is 12.8 Å². The summed E-state index contributed by atoms with van der Waals surface area (Å²) >= 11 is 5.74. The van der Waals surface area contributed by atoms with E-state index in [0.717, 1.165) is 12.8 Å². The van der Waals surface area contributed by atoms with Gasteiger partial charge in [-0.1, -0.05) is 24.4 Å². The van der Waals surface area contributed by atoms with Crippen molar-refractivity contribution in [2.45, 2.75) is 31.7 Å². The van der Waals surface area contributed by atoms with Crippen molar-refractivity contribution in [3.05, 3.63) is 16.9 Å². The van der Waals surface area contributed by atoms with Gasteiger partial charge in [0.2, 0.25) is 0 Å². The van der Waals surface area contributed by atoms with Crippen LogP contribution in [0.3, 0.4) is 0 Å². The number of carbonyl (C=O) groups is 1. The van der Waals surface area contributed by atoms with Crippen LogP contribution in [-0.4, -0.2) is 22.1 Å². The molecule has 1 aliphatic carbocycles. The number of hydrogen-bond acceptors (Lipinski definition) is 4. The van der Waals surface area contributed by atoms with Crippen molar-refractivity contribution < 1.29 is 4.79 Å². The first-order valence-corrected chi connectivity index (χ1v) is 5.64. The highest BCUT2D eigenvalue weighted by atomic mass is 35.5. The molecular weight excluding hydrogens is 228 g/mol. The number of hydrogen-bond donors (Lipinski definition) is 2. The van der Waals surface area contributed by atoms with E-state index >= 15 is 0 Å². The Kier molecular flexibility index (Phi) is 3.24. The molecule has 1 saturated carbocycles. The highest BCUT2D eigenvalue weighted by Crippen LogP contribution is 2.24. The Hall–Kier alpha value is -1.36. The first-order valence-electron chi connectivity index (χ1n) is 5.26. The molecule has 6 heteroatoms. The highest BCUT2D eigenvalue weighted by Gasteiger charge is 2.18. The van der Waals surface area contributed by atoms with Gasteiger partial charge in [-0.25, -0.2) is 0 Å². The fourth-order valence-electron chi connectivity index (χ4n) is 1.95. The topological polar surface area (TPSA) is 80.9 Å². The molecule has 0 spiro atoms. The van der Waals surface area contributed by atoms with E-state index in [0.29, 0.717) is 11.7 Å². The molecule has 3 N–H and O–H groups in total. The monoisotopic (exact) mass is 240 g/mol. The molecule has 0 atom stereocenters. The molecule has 0 aromatic carbocycles. The van der Waals surface area contributed by atoms with Gasteiger partial charge in [-0.3, -0.25) is 4.79 Å². The van der Waals surface area contributed by atoms with E-state index in [9.17, 15) is 4.79 Å². The SMILES string of the molecule is NC(=O)c1nnc(Cl)cc1NC1CCCC1. The van der Waals surface area contributed by atoms with Crippen molar-refractivity contribution in [2.24, 2.45) is 5.73 Å². The predicted molar refractivity (Wildman–Crippen MR) is 61.4 cm³/mol. The number of nitrogens with one attached hydrogen (secondary N) is 1. The molecule has 0 bridgehead atoms. The number of aromatic nitrogens is 2. The quantitative estimate of drug-likeness (QED) is 0.841. The molecule has 0 radical (unpaired) electrons. The molecule has 86 valence electrons. The lowest BCUT2D eigenvalue weighted by atomic mass is 10.2. The predicted octanol–water partition coefficient (Wildman–Crippen LogP) is 1.58. The van der Waals surface area contributed by atoms with Crippen LogP contribution in [0.1, 0.15) is 36.2 Å². The van der Waals surface area contributed by atoms with Gasteiger partial charge in [-0.2, -0.15) is 0 Å². The lowest BCUT2D eigenvalue weighted by Crippen LogP contribution is -2.21. The van der Waals surface area contributed by atoms with Crippen LogP contribution >= 0.6 is 11.6 Å². The minimum atomic E-state index is -0.593. The average molecular weight is 241 g/mol. The van der Waals surface area contributed by atoms with Crippen LogP contribution < -0.4 is 11.1 Å². The van der Waals surface area contributed by atoms with E-state index in [1.807, 2.05) is 0 Å². The van der Waals surface area contributed by atoms with Gasteiger partial charge in [0.1, 0.15) is 0 Å². The van der Waals surface area contributed by atoms with E-state index in [1.54, 1.807) is 6.07 Å². The van der Waals surface area contributed by atoms with Crippen LogP contribution in [0, 0.1) is 0 Å². The zero-order chi connectivity index (χ0) is 11.5. The molecule has 1 aromatic heterocycles. The second-order valence-electron chi connectivity index (χ2n) is 3.92. The number of nitrogens with zero attached hydrogens (tertiary/aromatic N) is 2. The summed E-state index contributed by atoms with van der Waals surface area (Å²) in [6.45, 7) is 0. The second-order valence-corrected chi connectivity index (χ2v) is 4.31. The summed E-state index contributed by atoms with van der Waals surface area (Å²) in [5, 5.41) is 10.8. The third-order valence-electron chi connectivity index (χ3n) is 2.71. The normalized spacial score (nSPS) is 16.3. The lowest BCUT2D eigenvalue weighted by molar-refractivity contribution is 0.0995. The largest absolute Gasteiger partial charge is 0.380 e. The van der Waals surface area contributed by atoms with Crippen LogP contribution in [0.15, 0.2) is 6.07 Å². The van der Waals surface area contributed by atoms with Crippen LogP contribution in [0.2, 0.25) is 5.15 Å². The number of amides is 1. The Morgan fingerprint density at radius 2 is 2.12 bits per heavy atom. The lowest BCUT2D eigenvalue weighted by Gasteiger charge is -2.14. The van der Waals surface area contributed by atoms with Gasteiger partial charge >= 0.3 is 0 Å². The van der Waals surface area contributed by atoms with Crippen LogP contribution in [0.4, 0.5) is 5.69 Å². The van der Waals surface area contributed by atoms with Crippen LogP contribution in [0.25, 0.3) is 0 Å². The van der Waals surface area contributed by atoms with Gasteiger partial charge in [-0.15, -0.1) is 10.2 Å². The third kappa shape index (κ3) is 2.41. The second kappa shape index (κ2) is 4.65. The Balaban J connectivity index is 2.22. The summed E-state index contributed by atoms with van der Waals surface area (Å²) in [5.74, 6) is -0.593. The summed E-state index contributed by atoms with van der Waals surface area (Å²) in [6, 6.07) is 1.96. The average Bonchev–Trinajstić information content (AvgIpc) is 2.70. The first-order chi connectivity index (χ1) is 7.66. The summed E-state index contributed by atoms with van der Waals surface area (Å²) < 4.78 is 0. The number of primary amides is 1. The van der Waals surface area contributed by atoms with Crippen molar-refractivity contribution in [2.75, 3.05) is 5.32 Å². The number of anilines is 1. The fraction of sp³-hybridized carbons (Fsp3) is 0.500. The maximum absolute atomic E-state index is 11.1. The summed E-state index contributed by atoms with van der Waals surface area (Å²) in [4.78, 5) is 11.1. The Morgan fingerprint density at radius 1 is 1.44 bits per heavy atom. The molecule has 16 heavy (non-hydrogen) atoms. The van der Waals surface area contributed by atoms with Crippen molar-refractivity contribution in [1.29, 1.82) is 0 Å². The van der Waals surface area contributed by atoms with Crippen molar-refractivity contribution >= 4 is 23.2 Å². The molecule has 5 nitrogen and oxygen atoms in total.